The van der Waals surface area contributed by atoms with E-state index in [1.807, 2.05) is 12.1 Å². The van der Waals surface area contributed by atoms with E-state index in [1.54, 1.807) is 66.7 Å². The Kier molecular flexibility index (Phi) is 4.85. The number of hydrogen-bond acceptors (Lipinski definition) is 4. The molecule has 0 aromatic heterocycles. The predicted octanol–water partition coefficient (Wildman–Crippen LogP) is 3.61. The third kappa shape index (κ3) is 3.50. The van der Waals surface area contributed by atoms with Crippen molar-refractivity contribution < 1.29 is 16.8 Å². The first-order chi connectivity index (χ1) is 13.4. The van der Waals surface area contributed by atoms with Crippen molar-refractivity contribution in [2.75, 3.05) is 0 Å². The minimum Gasteiger partial charge on any atom is -0.228 e. The highest BCUT2D eigenvalue weighted by atomic mass is 32.2. The van der Waals surface area contributed by atoms with Crippen molar-refractivity contribution in [1.29, 1.82) is 0 Å². The largest absolute Gasteiger partial charge is 0.228 e. The van der Waals surface area contributed by atoms with Crippen molar-refractivity contribution in [3.8, 4) is 0 Å². The van der Waals surface area contributed by atoms with Crippen LogP contribution >= 0.6 is 0 Å². The van der Waals surface area contributed by atoms with Gasteiger partial charge in [0.1, 0.15) is 0 Å². The highest BCUT2D eigenvalue weighted by Crippen LogP contribution is 2.53. The molecular weight excluding hydrogens is 392 g/mol. The van der Waals surface area contributed by atoms with E-state index in [1.165, 1.54) is 12.1 Å². The van der Waals surface area contributed by atoms with Crippen LogP contribution in [0.5, 0.6) is 0 Å². The van der Waals surface area contributed by atoms with Gasteiger partial charge in [-0.2, -0.15) is 0 Å². The summed E-state index contributed by atoms with van der Waals surface area (Å²) in [5.74, 6) is -0.719. The second-order valence-corrected chi connectivity index (χ2v) is 11.3. The maximum Gasteiger partial charge on any atom is 0.183 e. The summed E-state index contributed by atoms with van der Waals surface area (Å²) in [6, 6.07) is 26.0. The summed E-state index contributed by atoms with van der Waals surface area (Å²) >= 11 is 0. The van der Waals surface area contributed by atoms with E-state index in [0.717, 1.165) is 5.56 Å². The zero-order valence-corrected chi connectivity index (χ0v) is 16.7. The second kappa shape index (κ2) is 7.18. The molecule has 6 heteroatoms. The quantitative estimate of drug-likeness (QED) is 0.620. The molecule has 1 fully saturated rings. The highest BCUT2D eigenvalue weighted by molar-refractivity contribution is 7.96. The molecule has 0 amide bonds. The predicted molar refractivity (Wildman–Crippen MR) is 109 cm³/mol. The van der Waals surface area contributed by atoms with Crippen LogP contribution in [0.3, 0.4) is 0 Å². The lowest BCUT2D eigenvalue weighted by molar-refractivity contribution is 0.586. The lowest BCUT2D eigenvalue weighted by atomic mass is 10.1. The molecule has 0 aliphatic heterocycles. The van der Waals surface area contributed by atoms with Gasteiger partial charge in [-0.25, -0.2) is 16.8 Å². The van der Waals surface area contributed by atoms with Crippen LogP contribution in [0.25, 0.3) is 0 Å². The van der Waals surface area contributed by atoms with Crippen molar-refractivity contribution in [1.82, 2.24) is 0 Å². The van der Waals surface area contributed by atoms with Gasteiger partial charge in [0.2, 0.25) is 0 Å². The smallest absolute Gasteiger partial charge is 0.183 e. The molecule has 3 aromatic carbocycles. The van der Waals surface area contributed by atoms with Gasteiger partial charge in [0, 0.05) is 5.92 Å². The molecule has 0 bridgehead atoms. The molecule has 3 atom stereocenters. The van der Waals surface area contributed by atoms with E-state index < -0.39 is 36.1 Å². The Morgan fingerprint density at radius 2 is 1.11 bits per heavy atom. The van der Waals surface area contributed by atoms with Crippen molar-refractivity contribution >= 4 is 19.7 Å². The Morgan fingerprint density at radius 3 is 1.68 bits per heavy atom. The molecule has 0 heterocycles. The van der Waals surface area contributed by atoms with E-state index in [2.05, 4.69) is 0 Å². The van der Waals surface area contributed by atoms with Gasteiger partial charge in [-0.15, -0.1) is 0 Å². The second-order valence-electron chi connectivity index (χ2n) is 7.02. The van der Waals surface area contributed by atoms with Crippen LogP contribution in [0.15, 0.2) is 95.9 Å². The van der Waals surface area contributed by atoms with Gasteiger partial charge in [-0.3, -0.25) is 0 Å². The van der Waals surface area contributed by atoms with Gasteiger partial charge in [0.15, 0.2) is 19.7 Å². The average Bonchev–Trinajstić information content (AvgIpc) is 3.48. The Hall–Kier alpha value is -2.44. The fourth-order valence-corrected chi connectivity index (χ4v) is 8.93. The van der Waals surface area contributed by atoms with Crippen LogP contribution in [0.4, 0.5) is 0 Å². The molecule has 0 saturated heterocycles. The Morgan fingerprint density at radius 1 is 0.607 bits per heavy atom. The molecule has 0 radical (unpaired) electrons. The van der Waals surface area contributed by atoms with Crippen LogP contribution in [0.2, 0.25) is 0 Å². The van der Waals surface area contributed by atoms with Crippen molar-refractivity contribution in [3.05, 3.63) is 102 Å². The minimum atomic E-state index is -3.77. The van der Waals surface area contributed by atoms with Crippen LogP contribution < -0.4 is 0 Å². The average molecular weight is 413 g/mol. The first kappa shape index (κ1) is 18.9. The van der Waals surface area contributed by atoms with Crippen molar-refractivity contribution in [2.45, 2.75) is 27.1 Å². The van der Waals surface area contributed by atoms with Crippen LogP contribution in [0, 0.1) is 0 Å². The fraction of sp³-hybridized carbons (Fsp3) is 0.182. The standard InChI is InChI=1S/C22H20O4S2/c23-27(24,16-17-10-4-1-5-11-17)21-20(18-12-6-2-7-13-18)22(21)28(25,26)19-14-8-3-9-15-19/h1-15,20-22H,16H2/t20-,21+,22?/m0/s1. The van der Waals surface area contributed by atoms with Gasteiger partial charge < -0.3 is 0 Å². The van der Waals surface area contributed by atoms with Gasteiger partial charge in [0.25, 0.3) is 0 Å². The normalized spacial score (nSPS) is 21.9. The Bertz CT molecular complexity index is 1160. The summed E-state index contributed by atoms with van der Waals surface area (Å²) in [5.41, 5.74) is 1.41. The molecule has 4 nitrogen and oxygen atoms in total. The zero-order valence-electron chi connectivity index (χ0n) is 15.0. The Balaban J connectivity index is 1.74. The van der Waals surface area contributed by atoms with E-state index in [9.17, 15) is 16.8 Å². The van der Waals surface area contributed by atoms with E-state index in [4.69, 9.17) is 0 Å². The van der Waals surface area contributed by atoms with E-state index in [-0.39, 0.29) is 10.6 Å². The summed E-state index contributed by atoms with van der Waals surface area (Å²) in [7, 11) is -7.42. The third-order valence-electron chi connectivity index (χ3n) is 5.13. The Labute approximate surface area is 165 Å². The number of rotatable bonds is 6. The molecule has 1 aliphatic carbocycles. The van der Waals surface area contributed by atoms with Gasteiger partial charge in [-0.1, -0.05) is 78.9 Å². The maximum atomic E-state index is 13.2. The zero-order chi connectivity index (χ0) is 19.8. The lowest BCUT2D eigenvalue weighted by Crippen LogP contribution is -2.18. The molecule has 1 aliphatic rings. The molecule has 1 unspecified atom stereocenters. The summed E-state index contributed by atoms with van der Waals surface area (Å²) in [5, 5.41) is -1.91. The summed E-state index contributed by atoms with van der Waals surface area (Å²) in [4.78, 5) is 0.165. The first-order valence-electron chi connectivity index (χ1n) is 9.01. The van der Waals surface area contributed by atoms with Crippen LogP contribution in [-0.2, 0) is 25.4 Å². The minimum absolute atomic E-state index is 0.164. The van der Waals surface area contributed by atoms with E-state index in [0.29, 0.717) is 5.56 Å². The number of hydrogen-bond donors (Lipinski definition) is 0. The number of benzene rings is 3. The highest BCUT2D eigenvalue weighted by Gasteiger charge is 2.64. The molecule has 1 saturated carbocycles. The van der Waals surface area contributed by atoms with Gasteiger partial charge >= 0.3 is 0 Å². The maximum absolute atomic E-state index is 13.2. The molecule has 3 aromatic rings. The summed E-state index contributed by atoms with van der Waals surface area (Å²) in [6.45, 7) is 0. The molecule has 4 rings (SSSR count). The summed E-state index contributed by atoms with van der Waals surface area (Å²) in [6.07, 6.45) is 0. The van der Waals surface area contributed by atoms with Gasteiger partial charge in [-0.05, 0) is 23.3 Å². The monoisotopic (exact) mass is 412 g/mol. The third-order valence-corrected chi connectivity index (χ3v) is 9.69. The number of sulfone groups is 2. The molecule has 0 N–H and O–H groups in total. The van der Waals surface area contributed by atoms with E-state index >= 15 is 0 Å². The van der Waals surface area contributed by atoms with Crippen LogP contribution in [-0.4, -0.2) is 27.3 Å². The summed E-state index contributed by atoms with van der Waals surface area (Å²) < 4.78 is 52.8. The first-order valence-corrected chi connectivity index (χ1v) is 12.3. The SMILES string of the molecule is O=S(=O)(c1ccccc1)C1[C@@H](c2ccccc2)[C@H]1S(=O)(=O)Cc1ccccc1. The lowest BCUT2D eigenvalue weighted by Gasteiger charge is -2.05. The molecular formula is C22H20O4S2. The molecule has 144 valence electrons. The van der Waals surface area contributed by atoms with Crippen LogP contribution in [0.1, 0.15) is 17.0 Å². The van der Waals surface area contributed by atoms with Gasteiger partial charge in [0.05, 0.1) is 21.1 Å². The van der Waals surface area contributed by atoms with Crippen molar-refractivity contribution in [3.63, 3.8) is 0 Å². The fourth-order valence-electron chi connectivity index (χ4n) is 3.78. The topological polar surface area (TPSA) is 68.3 Å². The molecule has 28 heavy (non-hydrogen) atoms. The molecule has 0 spiro atoms. The van der Waals surface area contributed by atoms with Crippen molar-refractivity contribution in [2.24, 2.45) is 0 Å².